The van der Waals surface area contributed by atoms with Gasteiger partial charge in [0.15, 0.2) is 0 Å². The van der Waals surface area contributed by atoms with Gasteiger partial charge < -0.3 is 15.1 Å². The van der Waals surface area contributed by atoms with Crippen LogP contribution in [-0.4, -0.2) is 44.0 Å². The number of amides is 1. The molecule has 1 aromatic heterocycles. The van der Waals surface area contributed by atoms with E-state index in [1.54, 1.807) is 0 Å². The van der Waals surface area contributed by atoms with E-state index in [1.807, 2.05) is 16.8 Å². The molecular formula is C17H21N3OS. The van der Waals surface area contributed by atoms with E-state index in [4.69, 9.17) is 0 Å². The molecule has 3 rings (SSSR count). The van der Waals surface area contributed by atoms with Crippen LogP contribution in [0.25, 0.3) is 0 Å². The van der Waals surface area contributed by atoms with E-state index >= 15 is 0 Å². The summed E-state index contributed by atoms with van der Waals surface area (Å²) in [6, 6.07) is 10.3. The molecule has 1 aromatic carbocycles. The SMILES string of the molecule is CN1CCN(c2ccc(CNC(=O)c3ccsc3)cc2)CC1. The van der Waals surface area contributed by atoms with Gasteiger partial charge in [-0.25, -0.2) is 0 Å². The Morgan fingerprint density at radius 3 is 2.50 bits per heavy atom. The van der Waals surface area contributed by atoms with E-state index in [1.165, 1.54) is 17.0 Å². The summed E-state index contributed by atoms with van der Waals surface area (Å²) in [4.78, 5) is 16.7. The molecule has 116 valence electrons. The molecule has 4 nitrogen and oxygen atoms in total. The minimum Gasteiger partial charge on any atom is -0.369 e. The summed E-state index contributed by atoms with van der Waals surface area (Å²) < 4.78 is 0. The average Bonchev–Trinajstić information content (AvgIpc) is 3.08. The van der Waals surface area contributed by atoms with Crippen LogP contribution in [0.15, 0.2) is 41.1 Å². The van der Waals surface area contributed by atoms with Crippen molar-refractivity contribution in [3.05, 3.63) is 52.2 Å². The van der Waals surface area contributed by atoms with E-state index in [9.17, 15) is 4.79 Å². The molecule has 1 saturated heterocycles. The van der Waals surface area contributed by atoms with Gasteiger partial charge in [-0.3, -0.25) is 4.79 Å². The lowest BCUT2D eigenvalue weighted by Crippen LogP contribution is -2.44. The van der Waals surface area contributed by atoms with E-state index in [0.717, 1.165) is 37.3 Å². The second-order valence-electron chi connectivity index (χ2n) is 5.65. The third-order valence-corrected chi connectivity index (χ3v) is 4.72. The number of carbonyl (C=O) groups excluding carboxylic acids is 1. The van der Waals surface area contributed by atoms with Gasteiger partial charge in [0.05, 0.1) is 0 Å². The van der Waals surface area contributed by atoms with Crippen LogP contribution in [0, 0.1) is 0 Å². The summed E-state index contributed by atoms with van der Waals surface area (Å²) in [6.45, 7) is 4.93. The molecule has 0 atom stereocenters. The number of thiophene rings is 1. The number of rotatable bonds is 4. The lowest BCUT2D eigenvalue weighted by Gasteiger charge is -2.34. The molecule has 5 heteroatoms. The molecule has 0 radical (unpaired) electrons. The summed E-state index contributed by atoms with van der Waals surface area (Å²) in [5.41, 5.74) is 3.13. The molecular weight excluding hydrogens is 294 g/mol. The van der Waals surface area contributed by atoms with E-state index in [2.05, 4.69) is 46.4 Å². The summed E-state index contributed by atoms with van der Waals surface area (Å²) in [6.07, 6.45) is 0. The van der Waals surface area contributed by atoms with Crippen LogP contribution in [0.3, 0.4) is 0 Å². The summed E-state index contributed by atoms with van der Waals surface area (Å²) in [5.74, 6) is -0.00982. The molecule has 0 aliphatic carbocycles. The normalized spacial score (nSPS) is 15.8. The maximum Gasteiger partial charge on any atom is 0.252 e. The van der Waals surface area contributed by atoms with Crippen molar-refractivity contribution in [3.63, 3.8) is 0 Å². The number of nitrogens with zero attached hydrogens (tertiary/aromatic N) is 2. The first-order valence-corrected chi connectivity index (χ1v) is 8.49. The molecule has 1 aliphatic rings. The van der Waals surface area contributed by atoms with E-state index in [0.29, 0.717) is 6.54 Å². The molecule has 1 N–H and O–H groups in total. The first-order chi connectivity index (χ1) is 10.7. The van der Waals surface area contributed by atoms with Crippen molar-refractivity contribution >= 4 is 22.9 Å². The van der Waals surface area contributed by atoms with Gasteiger partial charge in [-0.2, -0.15) is 11.3 Å². The van der Waals surface area contributed by atoms with Gasteiger partial charge in [-0.15, -0.1) is 0 Å². The third-order valence-electron chi connectivity index (χ3n) is 4.04. The minimum absolute atomic E-state index is 0.00982. The lowest BCUT2D eigenvalue weighted by molar-refractivity contribution is 0.0951. The Balaban J connectivity index is 1.54. The molecule has 2 aromatic rings. The van der Waals surface area contributed by atoms with Gasteiger partial charge in [0.25, 0.3) is 5.91 Å². The zero-order chi connectivity index (χ0) is 15.4. The molecule has 0 spiro atoms. The van der Waals surface area contributed by atoms with Crippen molar-refractivity contribution in [2.75, 3.05) is 38.1 Å². The quantitative estimate of drug-likeness (QED) is 0.941. The van der Waals surface area contributed by atoms with Crippen LogP contribution >= 0.6 is 11.3 Å². The van der Waals surface area contributed by atoms with Gasteiger partial charge >= 0.3 is 0 Å². The number of hydrogen-bond donors (Lipinski definition) is 1. The molecule has 0 unspecified atom stereocenters. The zero-order valence-corrected chi connectivity index (χ0v) is 13.6. The van der Waals surface area contributed by atoms with Crippen LogP contribution in [0.2, 0.25) is 0 Å². The van der Waals surface area contributed by atoms with Crippen molar-refractivity contribution in [1.82, 2.24) is 10.2 Å². The number of likely N-dealkylation sites (N-methyl/N-ethyl adjacent to an activating group) is 1. The topological polar surface area (TPSA) is 35.6 Å². The summed E-state index contributed by atoms with van der Waals surface area (Å²) >= 11 is 1.54. The predicted octanol–water partition coefficient (Wildman–Crippen LogP) is 2.43. The number of piperazine rings is 1. The van der Waals surface area contributed by atoms with Crippen molar-refractivity contribution in [1.29, 1.82) is 0 Å². The molecule has 2 heterocycles. The standard InChI is InChI=1S/C17H21N3OS/c1-19-7-9-20(10-8-19)16-4-2-14(3-5-16)12-18-17(21)15-6-11-22-13-15/h2-6,11,13H,7-10,12H2,1H3,(H,18,21). The Bertz CT molecular complexity index is 601. The highest BCUT2D eigenvalue weighted by atomic mass is 32.1. The Morgan fingerprint density at radius 1 is 1.14 bits per heavy atom. The van der Waals surface area contributed by atoms with Crippen molar-refractivity contribution < 1.29 is 4.79 Å². The van der Waals surface area contributed by atoms with Crippen LogP contribution in [-0.2, 0) is 6.54 Å². The van der Waals surface area contributed by atoms with Gasteiger partial charge in [-0.1, -0.05) is 12.1 Å². The highest BCUT2D eigenvalue weighted by Gasteiger charge is 2.14. The van der Waals surface area contributed by atoms with Gasteiger partial charge in [0, 0.05) is 49.4 Å². The Hall–Kier alpha value is -1.85. The molecule has 1 amide bonds. The number of hydrogen-bond acceptors (Lipinski definition) is 4. The molecule has 1 aliphatic heterocycles. The van der Waals surface area contributed by atoms with Gasteiger partial charge in [0.1, 0.15) is 0 Å². The van der Waals surface area contributed by atoms with E-state index in [-0.39, 0.29) is 5.91 Å². The van der Waals surface area contributed by atoms with Crippen molar-refractivity contribution in [2.24, 2.45) is 0 Å². The number of nitrogens with one attached hydrogen (secondary N) is 1. The fraction of sp³-hybridized carbons (Fsp3) is 0.353. The fourth-order valence-electron chi connectivity index (χ4n) is 2.57. The summed E-state index contributed by atoms with van der Waals surface area (Å²) in [5, 5.41) is 6.74. The third kappa shape index (κ3) is 3.67. The lowest BCUT2D eigenvalue weighted by atomic mass is 10.1. The molecule has 22 heavy (non-hydrogen) atoms. The fourth-order valence-corrected chi connectivity index (χ4v) is 3.20. The zero-order valence-electron chi connectivity index (χ0n) is 12.8. The van der Waals surface area contributed by atoms with Crippen LogP contribution < -0.4 is 10.2 Å². The largest absolute Gasteiger partial charge is 0.369 e. The number of benzene rings is 1. The first-order valence-electron chi connectivity index (χ1n) is 7.55. The van der Waals surface area contributed by atoms with Gasteiger partial charge in [-0.05, 0) is 36.2 Å². The van der Waals surface area contributed by atoms with Crippen molar-refractivity contribution in [3.8, 4) is 0 Å². The van der Waals surface area contributed by atoms with Crippen LogP contribution in [0.1, 0.15) is 15.9 Å². The second-order valence-corrected chi connectivity index (χ2v) is 6.43. The second kappa shape index (κ2) is 6.94. The molecule has 0 saturated carbocycles. The Labute approximate surface area is 135 Å². The van der Waals surface area contributed by atoms with Gasteiger partial charge in [0.2, 0.25) is 0 Å². The monoisotopic (exact) mass is 315 g/mol. The Kier molecular flexibility index (Phi) is 4.75. The molecule has 1 fully saturated rings. The van der Waals surface area contributed by atoms with E-state index < -0.39 is 0 Å². The average molecular weight is 315 g/mol. The number of carbonyl (C=O) groups is 1. The maximum atomic E-state index is 11.9. The maximum absolute atomic E-state index is 11.9. The minimum atomic E-state index is -0.00982. The summed E-state index contributed by atoms with van der Waals surface area (Å²) in [7, 11) is 2.16. The first kappa shape index (κ1) is 15.1. The van der Waals surface area contributed by atoms with Crippen LogP contribution in [0.5, 0.6) is 0 Å². The number of anilines is 1. The van der Waals surface area contributed by atoms with Crippen molar-refractivity contribution in [2.45, 2.75) is 6.54 Å². The highest BCUT2D eigenvalue weighted by Crippen LogP contribution is 2.17. The molecule has 0 bridgehead atoms. The highest BCUT2D eigenvalue weighted by molar-refractivity contribution is 7.08. The smallest absolute Gasteiger partial charge is 0.252 e. The predicted molar refractivity (Wildman–Crippen MR) is 91.6 cm³/mol. The Morgan fingerprint density at radius 2 is 1.86 bits per heavy atom. The van der Waals surface area contributed by atoms with Crippen LogP contribution in [0.4, 0.5) is 5.69 Å².